The van der Waals surface area contributed by atoms with Crippen molar-refractivity contribution in [3.05, 3.63) is 0 Å². The molecule has 32 nitrogen and oxygen atoms in total. The molecule has 0 bridgehead atoms. The Labute approximate surface area is 538 Å². The van der Waals surface area contributed by atoms with E-state index in [0.29, 0.717) is 6.42 Å². The number of aliphatic hydroxyl groups is 12. The molecular formula is C60H112N6O26. The molecule has 92 heavy (non-hydrogen) atoms. The quantitative estimate of drug-likeness (QED) is 0.0568. The highest BCUT2D eigenvalue weighted by molar-refractivity contribution is 5.83. The van der Waals surface area contributed by atoms with Gasteiger partial charge in [-0.05, 0) is 94.3 Å². The predicted molar refractivity (Wildman–Crippen MR) is 322 cm³/mol. The summed E-state index contributed by atoms with van der Waals surface area (Å²) in [5.74, 6) is -5.31. The van der Waals surface area contributed by atoms with E-state index in [2.05, 4.69) is 5.32 Å². The average molecular weight is 1330 g/mol. The van der Waals surface area contributed by atoms with E-state index < -0.39 is 212 Å². The van der Waals surface area contributed by atoms with Gasteiger partial charge in [-0.2, -0.15) is 0 Å². The van der Waals surface area contributed by atoms with E-state index >= 15 is 0 Å². The molecule has 32 heteroatoms. The monoisotopic (exact) mass is 1330 g/mol. The number of ether oxygens (including phenoxy) is 11. The van der Waals surface area contributed by atoms with E-state index in [9.17, 15) is 75.7 Å². The van der Waals surface area contributed by atoms with E-state index in [1.807, 2.05) is 32.8 Å². The smallest absolute Gasteiger partial charge is 0.311 e. The number of carbonyl (C=O) groups is 3. The summed E-state index contributed by atoms with van der Waals surface area (Å²) in [7, 11) is 6.77. The molecule has 1 amide bonds. The molecule has 0 spiro atoms. The van der Waals surface area contributed by atoms with Crippen molar-refractivity contribution in [1.29, 1.82) is 0 Å². The van der Waals surface area contributed by atoms with Gasteiger partial charge in [0.15, 0.2) is 25.2 Å². The molecule has 6 fully saturated rings. The highest BCUT2D eigenvalue weighted by atomic mass is 16.7. The van der Waals surface area contributed by atoms with Crippen LogP contribution in [-0.4, -0.2) is 314 Å². The minimum atomic E-state index is -1.96. The third-order valence-electron chi connectivity index (χ3n) is 19.8. The van der Waals surface area contributed by atoms with Gasteiger partial charge in [-0.3, -0.25) is 14.4 Å². The number of amides is 1. The highest BCUT2D eigenvalue weighted by Crippen LogP contribution is 2.43. The number of nitrogens with zero attached hydrogens (tertiary/aromatic N) is 1. The van der Waals surface area contributed by atoms with Crippen LogP contribution in [0.4, 0.5) is 0 Å². The van der Waals surface area contributed by atoms with Gasteiger partial charge in [0.25, 0.3) is 0 Å². The number of ketones is 1. The lowest BCUT2D eigenvalue weighted by atomic mass is 9.74. The Morgan fingerprint density at radius 1 is 0.696 bits per heavy atom. The molecule has 5 saturated heterocycles. The molecule has 34 atom stereocenters. The van der Waals surface area contributed by atoms with Gasteiger partial charge in [0.2, 0.25) is 5.91 Å². The minimum Gasteiger partial charge on any atom is -0.459 e. The van der Waals surface area contributed by atoms with Crippen LogP contribution >= 0.6 is 0 Å². The number of likely N-dealkylation sites (N-methyl/N-ethyl adjacent to an activating group) is 1. The normalized spacial score (nSPS) is 48.2. The van der Waals surface area contributed by atoms with Crippen molar-refractivity contribution >= 4 is 17.7 Å². The first-order valence-corrected chi connectivity index (χ1v) is 31.9. The van der Waals surface area contributed by atoms with Crippen molar-refractivity contribution in [3.8, 4) is 0 Å². The highest BCUT2D eigenvalue weighted by Gasteiger charge is 2.56. The molecule has 0 unspecified atom stereocenters. The van der Waals surface area contributed by atoms with E-state index in [4.69, 9.17) is 75.0 Å². The molecule has 6 aliphatic rings. The average Bonchev–Trinajstić information content (AvgIpc) is 0.790. The molecule has 5 aliphatic heterocycles. The molecule has 21 N–H and O–H groups in total. The van der Waals surface area contributed by atoms with Crippen LogP contribution in [0.5, 0.6) is 0 Å². The molecule has 0 aromatic heterocycles. The molecule has 0 radical (unpaired) electrons. The number of Topliss-reactive ketones (excluding diaryl/α,β-unsaturated/α-hetero) is 1. The van der Waals surface area contributed by atoms with Crippen molar-refractivity contribution < 1.29 is 128 Å². The van der Waals surface area contributed by atoms with Crippen molar-refractivity contribution in [1.82, 2.24) is 10.2 Å². The first-order chi connectivity index (χ1) is 42.8. The lowest BCUT2D eigenvalue weighted by molar-refractivity contribution is -0.332. The van der Waals surface area contributed by atoms with Gasteiger partial charge in [0.05, 0.1) is 66.3 Å². The van der Waals surface area contributed by atoms with Crippen molar-refractivity contribution in [2.75, 3.05) is 48.0 Å². The summed E-state index contributed by atoms with van der Waals surface area (Å²) in [6.45, 7) is 16.2. The van der Waals surface area contributed by atoms with E-state index in [1.54, 1.807) is 48.5 Å². The Balaban J connectivity index is 0.000000345. The van der Waals surface area contributed by atoms with E-state index in [0.717, 1.165) is 0 Å². The summed E-state index contributed by atoms with van der Waals surface area (Å²) in [5, 5.41) is 130. The number of esters is 1. The van der Waals surface area contributed by atoms with Crippen LogP contribution in [0.25, 0.3) is 0 Å². The van der Waals surface area contributed by atoms with Crippen LogP contribution in [0.15, 0.2) is 0 Å². The summed E-state index contributed by atoms with van der Waals surface area (Å²) >= 11 is 0. The fourth-order valence-corrected chi connectivity index (χ4v) is 13.7. The van der Waals surface area contributed by atoms with Crippen LogP contribution in [0.1, 0.15) is 108 Å². The van der Waals surface area contributed by atoms with E-state index in [1.165, 1.54) is 21.1 Å². The van der Waals surface area contributed by atoms with Crippen LogP contribution in [0, 0.1) is 23.7 Å². The Morgan fingerprint density at radius 2 is 1.28 bits per heavy atom. The second-order valence-corrected chi connectivity index (χ2v) is 27.0. The number of aliphatic hydroxyl groups excluding tert-OH is 11. The largest absolute Gasteiger partial charge is 0.459 e. The minimum absolute atomic E-state index is 0.0101. The van der Waals surface area contributed by atoms with E-state index in [-0.39, 0.29) is 63.1 Å². The maximum Gasteiger partial charge on any atom is 0.311 e. The molecule has 5 heterocycles. The van der Waals surface area contributed by atoms with Crippen molar-refractivity contribution in [2.45, 2.75) is 290 Å². The molecule has 0 aromatic carbocycles. The van der Waals surface area contributed by atoms with Crippen LogP contribution in [-0.2, 0) is 66.5 Å². The molecule has 1 saturated carbocycles. The molecule has 0 aromatic rings. The fraction of sp³-hybridized carbons (Fsp3) is 0.950. The maximum absolute atomic E-state index is 14.2. The number of hydrogen-bond acceptors (Lipinski definition) is 31. The Kier molecular flexibility index (Phi) is 29.5. The zero-order chi connectivity index (χ0) is 69.6. The first kappa shape index (κ1) is 80.2. The second-order valence-electron chi connectivity index (χ2n) is 27.0. The summed E-state index contributed by atoms with van der Waals surface area (Å²) in [5.41, 5.74) is 18.8. The van der Waals surface area contributed by atoms with Crippen molar-refractivity contribution in [2.24, 2.45) is 46.6 Å². The number of methoxy groups -OCH3 is 2. The van der Waals surface area contributed by atoms with Crippen LogP contribution < -0.4 is 28.3 Å². The Hall–Kier alpha value is -2.47. The molecule has 1 aliphatic carbocycles. The van der Waals surface area contributed by atoms with Crippen LogP contribution in [0.2, 0.25) is 0 Å². The van der Waals surface area contributed by atoms with Gasteiger partial charge < -0.3 is 147 Å². The number of hydrogen-bond donors (Lipinski definition) is 17. The number of carbonyl (C=O) groups excluding carboxylic acids is 3. The summed E-state index contributed by atoms with van der Waals surface area (Å²) in [4.78, 5) is 42.6. The third kappa shape index (κ3) is 18.1. The fourth-order valence-electron chi connectivity index (χ4n) is 13.7. The Morgan fingerprint density at radius 3 is 1.85 bits per heavy atom. The SMILES string of the molecule is CC[C@H]1OC(=O)[C@H](C)[C@@H](O[C@H]2C[C@@](C)(OC)[C@@H](O)[C@H](C)O2)[C@H](C)[C@@H](O[C@@H]2O[C@H](C)C[C@H](N(C)C)[C@H]2O)[C@](C)(OC)C[C@@H](C)C(=O)[C@H](C)[C@@H](O)[C@]1(C)O.NCC[C@H](O)C(=O)N[C@@H]1C[C@H](N)[C@@H](O[C@H]2O[C@H](CN)[C@@H](O)[C@H](O)[C@H]2O)[C@H](O)[C@H]1O[C@H]1O[C@H](CO)[C@@H](O)[C@H](N)[C@H]1O. The molecule has 538 valence electrons. The third-order valence-corrected chi connectivity index (χ3v) is 19.8. The number of nitrogens with one attached hydrogen (secondary N) is 1. The zero-order valence-corrected chi connectivity index (χ0v) is 55.6. The van der Waals surface area contributed by atoms with Gasteiger partial charge in [-0.25, -0.2) is 0 Å². The number of nitrogens with two attached hydrogens (primary N) is 4. The topological polar surface area (TPSA) is 515 Å². The first-order valence-electron chi connectivity index (χ1n) is 31.9. The molecule has 6 rings (SSSR count). The summed E-state index contributed by atoms with van der Waals surface area (Å²) < 4.78 is 66.4. The number of cyclic esters (lactones) is 1. The lowest BCUT2D eigenvalue weighted by Gasteiger charge is -2.50. The Bertz CT molecular complexity index is 2310. The lowest BCUT2D eigenvalue weighted by Crippen LogP contribution is -2.69. The maximum atomic E-state index is 14.2. The van der Waals surface area contributed by atoms with Crippen LogP contribution in [0.3, 0.4) is 0 Å². The predicted octanol–water partition coefficient (Wildman–Crippen LogP) is -5.98. The number of rotatable bonds is 18. The van der Waals surface area contributed by atoms with Crippen molar-refractivity contribution in [3.63, 3.8) is 0 Å². The van der Waals surface area contributed by atoms with Gasteiger partial charge in [0, 0.05) is 57.0 Å². The van der Waals surface area contributed by atoms with Gasteiger partial charge in [-0.1, -0.05) is 27.7 Å². The summed E-state index contributed by atoms with van der Waals surface area (Å²) in [6.07, 6.45) is -28.5. The van der Waals surface area contributed by atoms with Gasteiger partial charge in [-0.15, -0.1) is 0 Å². The summed E-state index contributed by atoms with van der Waals surface area (Å²) in [6, 6.07) is -3.74. The zero-order valence-electron chi connectivity index (χ0n) is 55.6. The molecular weight excluding hydrogens is 1220 g/mol. The second kappa shape index (κ2) is 33.9. The van der Waals surface area contributed by atoms with Gasteiger partial charge >= 0.3 is 5.97 Å². The van der Waals surface area contributed by atoms with Gasteiger partial charge in [0.1, 0.15) is 96.8 Å². The standard InChI is InChI=1S/C38H69NO13.C22H43N5O13/c1-15-26-38(10,45)31(42)21(4)28(40)19(2)17-37(9,47-14)33(52-35-29(41)25(39(11)12)16-20(3)48-35)22(5)30(23(6)34(44)50-26)51-27-18-36(8,46-13)32(43)24(7)49-27;23-2-1-8(29)20(36)27-7-3-6(25)18(39-22-16(34)15(33)13(31)9(4-24)37-22)17(35)19(7)40-21-14(32)11(26)12(30)10(5-28)38-21/h19-27,29-33,35,41-43,45H,15-18H2,1-14H3;6-19,21-22,28-35H,1-5,23-26H2,(H,27,36)/t19-,20-,21+,22+,23-,24+,25+,26-,27+,29-,30+,31-,32+,33-,35+,36-,37-,38-;6-,7+,8-,9+,10+,11-,12+,13+,14+,15-,16+,17-,18+,19-,21+,22+/m10/s1.